The van der Waals surface area contributed by atoms with Crippen LogP contribution in [0.2, 0.25) is 0 Å². The molecule has 2 aromatic heterocycles. The number of carbonyl (C=O) groups is 1. The Morgan fingerprint density at radius 2 is 2.07 bits per heavy atom. The standard InChI is InChI=1S/C20H29N5O2/c1-15-10-21-19(17-5-8-27-9-6-17)25(15)13-16-4-3-7-24(12-16)20(26)18-11-22-23(2)14-18/h10-11,14,16-17H,3-9,12-13H2,1-2H3. The van der Waals surface area contributed by atoms with Crippen LogP contribution in [0.25, 0.3) is 0 Å². The molecule has 2 aliphatic rings. The predicted octanol–water partition coefficient (Wildman–Crippen LogP) is 2.37. The number of ether oxygens (including phenoxy) is 1. The van der Waals surface area contributed by atoms with E-state index in [2.05, 4.69) is 16.6 Å². The molecule has 146 valence electrons. The van der Waals surface area contributed by atoms with E-state index < -0.39 is 0 Å². The summed E-state index contributed by atoms with van der Waals surface area (Å²) in [7, 11) is 1.84. The van der Waals surface area contributed by atoms with Gasteiger partial charge in [0.25, 0.3) is 5.91 Å². The number of nitrogens with zero attached hydrogens (tertiary/aromatic N) is 5. The van der Waals surface area contributed by atoms with Crippen molar-refractivity contribution in [2.75, 3.05) is 26.3 Å². The highest BCUT2D eigenvalue weighted by molar-refractivity contribution is 5.93. The molecule has 0 aromatic carbocycles. The molecule has 0 radical (unpaired) electrons. The first-order valence-corrected chi connectivity index (χ1v) is 9.99. The van der Waals surface area contributed by atoms with E-state index in [4.69, 9.17) is 9.72 Å². The van der Waals surface area contributed by atoms with Gasteiger partial charge in [-0.1, -0.05) is 0 Å². The van der Waals surface area contributed by atoms with Crippen LogP contribution < -0.4 is 0 Å². The summed E-state index contributed by atoms with van der Waals surface area (Å²) in [5.41, 5.74) is 1.90. The van der Waals surface area contributed by atoms with Gasteiger partial charge in [-0.2, -0.15) is 5.10 Å². The molecule has 0 saturated carbocycles. The molecular weight excluding hydrogens is 342 g/mol. The quantitative estimate of drug-likeness (QED) is 0.828. The molecule has 7 nitrogen and oxygen atoms in total. The van der Waals surface area contributed by atoms with Crippen molar-refractivity contribution in [2.24, 2.45) is 13.0 Å². The van der Waals surface area contributed by atoms with Crippen molar-refractivity contribution in [3.05, 3.63) is 35.7 Å². The number of aryl methyl sites for hydroxylation is 2. The molecule has 2 saturated heterocycles. The monoisotopic (exact) mass is 371 g/mol. The Bertz CT molecular complexity index is 790. The number of rotatable bonds is 4. The minimum Gasteiger partial charge on any atom is -0.381 e. The van der Waals surface area contributed by atoms with E-state index in [1.165, 1.54) is 11.5 Å². The van der Waals surface area contributed by atoms with E-state index in [-0.39, 0.29) is 5.91 Å². The average molecular weight is 371 g/mol. The van der Waals surface area contributed by atoms with Gasteiger partial charge < -0.3 is 14.2 Å². The molecule has 0 N–H and O–H groups in total. The van der Waals surface area contributed by atoms with Crippen molar-refractivity contribution in [3.8, 4) is 0 Å². The third-order valence-corrected chi connectivity index (χ3v) is 5.87. The summed E-state index contributed by atoms with van der Waals surface area (Å²) >= 11 is 0. The van der Waals surface area contributed by atoms with Crippen LogP contribution in [-0.2, 0) is 18.3 Å². The summed E-state index contributed by atoms with van der Waals surface area (Å²) < 4.78 is 9.59. The summed E-state index contributed by atoms with van der Waals surface area (Å²) in [6.45, 7) is 6.37. The van der Waals surface area contributed by atoms with Gasteiger partial charge in [-0.25, -0.2) is 4.98 Å². The fourth-order valence-corrected chi connectivity index (χ4v) is 4.37. The molecule has 2 aromatic rings. The Labute approximate surface area is 160 Å². The van der Waals surface area contributed by atoms with Crippen LogP contribution in [-0.4, -0.2) is 56.4 Å². The van der Waals surface area contributed by atoms with Gasteiger partial charge in [0.15, 0.2) is 0 Å². The molecule has 7 heteroatoms. The minimum absolute atomic E-state index is 0.0970. The normalized spacial score (nSPS) is 21.6. The number of likely N-dealkylation sites (tertiary alicyclic amines) is 1. The summed E-state index contributed by atoms with van der Waals surface area (Å²) in [6.07, 6.45) is 9.76. The van der Waals surface area contributed by atoms with Gasteiger partial charge in [-0.15, -0.1) is 0 Å². The van der Waals surface area contributed by atoms with E-state index in [1.807, 2.05) is 18.1 Å². The van der Waals surface area contributed by atoms with Crippen LogP contribution in [0.5, 0.6) is 0 Å². The molecule has 2 aliphatic heterocycles. The number of carbonyl (C=O) groups excluding carboxylic acids is 1. The van der Waals surface area contributed by atoms with Gasteiger partial charge in [0, 0.05) is 63.9 Å². The van der Waals surface area contributed by atoms with Crippen LogP contribution in [0.1, 0.15) is 53.5 Å². The van der Waals surface area contributed by atoms with Crippen molar-refractivity contribution in [3.63, 3.8) is 0 Å². The van der Waals surface area contributed by atoms with Crippen molar-refractivity contribution >= 4 is 5.91 Å². The van der Waals surface area contributed by atoms with Gasteiger partial charge in [-0.05, 0) is 38.5 Å². The van der Waals surface area contributed by atoms with E-state index in [0.717, 1.165) is 58.5 Å². The van der Waals surface area contributed by atoms with Gasteiger partial charge >= 0.3 is 0 Å². The third kappa shape index (κ3) is 3.93. The average Bonchev–Trinajstić information content (AvgIpc) is 3.28. The Balaban J connectivity index is 1.45. The van der Waals surface area contributed by atoms with Gasteiger partial charge in [0.05, 0.1) is 11.8 Å². The maximum atomic E-state index is 12.8. The zero-order chi connectivity index (χ0) is 18.8. The molecule has 1 unspecified atom stereocenters. The third-order valence-electron chi connectivity index (χ3n) is 5.87. The molecule has 0 aliphatic carbocycles. The number of imidazole rings is 1. The lowest BCUT2D eigenvalue weighted by Crippen LogP contribution is -2.41. The number of amides is 1. The Morgan fingerprint density at radius 1 is 1.26 bits per heavy atom. The minimum atomic E-state index is 0.0970. The van der Waals surface area contributed by atoms with Crippen molar-refractivity contribution in [1.29, 1.82) is 0 Å². The van der Waals surface area contributed by atoms with E-state index >= 15 is 0 Å². The van der Waals surface area contributed by atoms with Gasteiger partial charge in [0.2, 0.25) is 0 Å². The SMILES string of the molecule is Cc1cnc(C2CCOCC2)n1CC1CCCN(C(=O)c2cnn(C)c2)C1. The Kier molecular flexibility index (Phi) is 5.29. The lowest BCUT2D eigenvalue weighted by Gasteiger charge is -2.33. The maximum absolute atomic E-state index is 12.8. The van der Waals surface area contributed by atoms with Crippen LogP contribution in [0.15, 0.2) is 18.6 Å². The molecule has 2 fully saturated rings. The first kappa shape index (κ1) is 18.2. The molecule has 0 bridgehead atoms. The predicted molar refractivity (Wildman–Crippen MR) is 102 cm³/mol. The molecular formula is C20H29N5O2. The summed E-state index contributed by atoms with van der Waals surface area (Å²) in [6, 6.07) is 0. The summed E-state index contributed by atoms with van der Waals surface area (Å²) in [5.74, 6) is 2.25. The van der Waals surface area contributed by atoms with Crippen LogP contribution in [0.4, 0.5) is 0 Å². The Hall–Kier alpha value is -2.15. The lowest BCUT2D eigenvalue weighted by atomic mass is 9.96. The fourth-order valence-electron chi connectivity index (χ4n) is 4.37. The number of hydrogen-bond acceptors (Lipinski definition) is 4. The first-order valence-electron chi connectivity index (χ1n) is 9.99. The second-order valence-corrected chi connectivity index (χ2v) is 7.92. The summed E-state index contributed by atoms with van der Waals surface area (Å²) in [4.78, 5) is 19.5. The topological polar surface area (TPSA) is 65.2 Å². The van der Waals surface area contributed by atoms with Gasteiger partial charge in [-0.3, -0.25) is 9.48 Å². The highest BCUT2D eigenvalue weighted by Gasteiger charge is 2.28. The Morgan fingerprint density at radius 3 is 2.81 bits per heavy atom. The molecule has 27 heavy (non-hydrogen) atoms. The van der Waals surface area contributed by atoms with Crippen LogP contribution in [0, 0.1) is 12.8 Å². The number of aromatic nitrogens is 4. The van der Waals surface area contributed by atoms with Crippen molar-refractivity contribution < 1.29 is 9.53 Å². The van der Waals surface area contributed by atoms with E-state index in [0.29, 0.717) is 17.4 Å². The fraction of sp³-hybridized carbons (Fsp3) is 0.650. The highest BCUT2D eigenvalue weighted by atomic mass is 16.5. The zero-order valence-electron chi connectivity index (χ0n) is 16.3. The zero-order valence-corrected chi connectivity index (χ0v) is 16.3. The molecule has 0 spiro atoms. The van der Waals surface area contributed by atoms with Crippen LogP contribution >= 0.6 is 0 Å². The molecule has 4 rings (SSSR count). The largest absolute Gasteiger partial charge is 0.381 e. The molecule has 1 amide bonds. The molecule has 1 atom stereocenters. The van der Waals surface area contributed by atoms with E-state index in [9.17, 15) is 4.79 Å². The van der Waals surface area contributed by atoms with Crippen molar-refractivity contribution in [2.45, 2.75) is 45.1 Å². The van der Waals surface area contributed by atoms with Crippen molar-refractivity contribution in [1.82, 2.24) is 24.2 Å². The first-order chi connectivity index (χ1) is 13.1. The second kappa shape index (κ2) is 7.84. The lowest BCUT2D eigenvalue weighted by molar-refractivity contribution is 0.0656. The molecule has 4 heterocycles. The smallest absolute Gasteiger partial charge is 0.257 e. The van der Waals surface area contributed by atoms with E-state index in [1.54, 1.807) is 17.1 Å². The van der Waals surface area contributed by atoms with Crippen LogP contribution in [0.3, 0.4) is 0 Å². The summed E-state index contributed by atoms with van der Waals surface area (Å²) in [5, 5.41) is 4.13. The second-order valence-electron chi connectivity index (χ2n) is 7.92. The number of piperidine rings is 1. The number of hydrogen-bond donors (Lipinski definition) is 0. The highest BCUT2D eigenvalue weighted by Crippen LogP contribution is 2.28. The van der Waals surface area contributed by atoms with Gasteiger partial charge in [0.1, 0.15) is 5.82 Å². The maximum Gasteiger partial charge on any atom is 0.257 e.